The van der Waals surface area contributed by atoms with Crippen molar-refractivity contribution in [3.05, 3.63) is 23.3 Å². The molecular weight excluding hydrogens is 370 g/mol. The lowest BCUT2D eigenvalue weighted by molar-refractivity contribution is -0.720. The number of nitrogens with two attached hydrogens (primary N) is 1. The molecule has 5 rings (SSSR count). The number of piperidine rings is 1. The van der Waals surface area contributed by atoms with Crippen LogP contribution in [0, 0.1) is 0 Å². The summed E-state index contributed by atoms with van der Waals surface area (Å²) in [5, 5.41) is 14.2. The van der Waals surface area contributed by atoms with Crippen LogP contribution in [0.5, 0.6) is 11.5 Å². The largest absolute Gasteiger partial charge is 0.541 e. The van der Waals surface area contributed by atoms with E-state index in [9.17, 15) is 9.90 Å². The Morgan fingerprint density at radius 1 is 1.29 bits per heavy atom. The number of hydrogen-bond donors (Lipinski definition) is 2. The maximum Gasteiger partial charge on any atom is 0.250 e. The highest BCUT2D eigenvalue weighted by atomic mass is 28.4. The van der Waals surface area contributed by atoms with Crippen LogP contribution in [0.3, 0.4) is 0 Å². The maximum atomic E-state index is 12.9. The molecule has 6 heteroatoms. The van der Waals surface area contributed by atoms with Gasteiger partial charge in [-0.15, -0.1) is 0 Å². The van der Waals surface area contributed by atoms with Gasteiger partial charge in [-0.2, -0.15) is 0 Å². The second kappa shape index (κ2) is 5.40. The van der Waals surface area contributed by atoms with Gasteiger partial charge in [0.05, 0.1) is 12.0 Å². The first-order valence-corrected chi connectivity index (χ1v) is 13.5. The molecule has 2 fully saturated rings. The Balaban J connectivity index is 1.70. The molecule has 4 aliphatic rings. The SMILES string of the molecule is CC(C)(C)[Si](C)(C)Oc1ccc2c3c1O[C@H]1C(=O)CC[C@@]4(O)[C@@H](C2)[NH2+]CC[C@]314. The van der Waals surface area contributed by atoms with Gasteiger partial charge in [0, 0.05) is 24.8 Å². The Kier molecular flexibility index (Phi) is 3.60. The van der Waals surface area contributed by atoms with Crippen LogP contribution in [0.2, 0.25) is 18.1 Å². The molecule has 1 aromatic rings. The van der Waals surface area contributed by atoms with Gasteiger partial charge in [-0.3, -0.25) is 4.79 Å². The number of Topliss-reactive ketones (excluding diaryl/α,β-unsaturated/α-hetero) is 1. The molecule has 1 saturated carbocycles. The minimum atomic E-state index is -2.06. The van der Waals surface area contributed by atoms with Crippen molar-refractivity contribution < 1.29 is 24.4 Å². The van der Waals surface area contributed by atoms with E-state index in [0.29, 0.717) is 12.8 Å². The van der Waals surface area contributed by atoms with Crippen LogP contribution in [0.15, 0.2) is 12.1 Å². The summed E-state index contributed by atoms with van der Waals surface area (Å²) in [7, 11) is -2.06. The average Bonchev–Trinajstić information content (AvgIpc) is 2.93. The van der Waals surface area contributed by atoms with Gasteiger partial charge in [-0.25, -0.2) is 0 Å². The molecule has 1 saturated heterocycles. The van der Waals surface area contributed by atoms with Gasteiger partial charge in [-0.1, -0.05) is 26.8 Å². The van der Waals surface area contributed by atoms with Crippen molar-refractivity contribution in [2.45, 2.75) is 87.7 Å². The summed E-state index contributed by atoms with van der Waals surface area (Å²) in [4.78, 5) is 12.9. The summed E-state index contributed by atoms with van der Waals surface area (Å²) in [6.45, 7) is 12.0. The highest BCUT2D eigenvalue weighted by molar-refractivity contribution is 6.74. The van der Waals surface area contributed by atoms with Crippen LogP contribution in [-0.2, 0) is 16.6 Å². The Bertz CT molecular complexity index is 876. The van der Waals surface area contributed by atoms with E-state index in [0.717, 1.165) is 36.4 Å². The molecule has 0 unspecified atom stereocenters. The number of carbonyl (C=O) groups excluding carboxylic acids is 1. The number of carbonyl (C=O) groups is 1. The molecule has 4 atom stereocenters. The van der Waals surface area contributed by atoms with Crippen LogP contribution in [-0.4, -0.2) is 43.5 Å². The highest BCUT2D eigenvalue weighted by Crippen LogP contribution is 2.63. The van der Waals surface area contributed by atoms with Crippen molar-refractivity contribution in [1.29, 1.82) is 0 Å². The van der Waals surface area contributed by atoms with Gasteiger partial charge in [0.2, 0.25) is 0 Å². The van der Waals surface area contributed by atoms with Gasteiger partial charge in [0.15, 0.2) is 17.6 Å². The summed E-state index contributed by atoms with van der Waals surface area (Å²) in [5.74, 6) is 1.63. The molecule has 28 heavy (non-hydrogen) atoms. The Morgan fingerprint density at radius 2 is 2.04 bits per heavy atom. The molecule has 2 heterocycles. The van der Waals surface area contributed by atoms with Crippen LogP contribution >= 0.6 is 0 Å². The minimum absolute atomic E-state index is 0.0702. The highest BCUT2D eigenvalue weighted by Gasteiger charge is 2.73. The van der Waals surface area contributed by atoms with E-state index in [1.807, 2.05) is 6.07 Å². The minimum Gasteiger partial charge on any atom is -0.541 e. The molecule has 5 nitrogen and oxygen atoms in total. The third kappa shape index (κ3) is 2.06. The number of aliphatic hydroxyl groups is 1. The van der Waals surface area contributed by atoms with Gasteiger partial charge in [0.25, 0.3) is 8.32 Å². The number of quaternary nitrogens is 1. The first-order chi connectivity index (χ1) is 13.0. The normalized spacial score (nSPS) is 36.0. The standard InChI is InChI=1S/C22H31NO4Si/c1-20(2,3)28(4,5)27-15-7-6-13-12-16-22(25)9-8-14(24)19-21(22,10-11-23-16)17(13)18(15)26-19/h6-7,16,19,23,25H,8-12H2,1-5H3/p+1/t16-,19+,21+,22-/m1/s1. The third-order valence-corrected chi connectivity index (χ3v) is 12.7. The zero-order chi connectivity index (χ0) is 20.1. The van der Waals surface area contributed by atoms with Gasteiger partial charge in [0.1, 0.15) is 17.4 Å². The molecule has 0 radical (unpaired) electrons. The first-order valence-electron chi connectivity index (χ1n) is 10.6. The fourth-order valence-corrected chi connectivity index (χ4v) is 6.89. The van der Waals surface area contributed by atoms with E-state index >= 15 is 0 Å². The molecular formula is C22H32NO4Si+. The topological polar surface area (TPSA) is 72.4 Å². The zero-order valence-electron chi connectivity index (χ0n) is 17.6. The van der Waals surface area contributed by atoms with Crippen molar-refractivity contribution >= 4 is 14.1 Å². The molecule has 0 amide bonds. The van der Waals surface area contributed by atoms with Crippen LogP contribution in [0.1, 0.15) is 51.2 Å². The van der Waals surface area contributed by atoms with Crippen molar-refractivity contribution in [1.82, 2.24) is 0 Å². The van der Waals surface area contributed by atoms with E-state index in [-0.39, 0.29) is 16.9 Å². The molecule has 2 aliphatic carbocycles. The van der Waals surface area contributed by atoms with E-state index in [2.05, 4.69) is 45.2 Å². The number of ether oxygens (including phenoxy) is 1. The Morgan fingerprint density at radius 3 is 2.75 bits per heavy atom. The molecule has 1 aromatic carbocycles. The lowest BCUT2D eigenvalue weighted by atomic mass is 9.49. The van der Waals surface area contributed by atoms with Crippen molar-refractivity contribution in [2.75, 3.05) is 6.54 Å². The number of ketones is 1. The second-order valence-corrected chi connectivity index (χ2v) is 15.5. The zero-order valence-corrected chi connectivity index (χ0v) is 18.6. The smallest absolute Gasteiger partial charge is 0.250 e. The van der Waals surface area contributed by atoms with E-state index < -0.39 is 25.4 Å². The quantitative estimate of drug-likeness (QED) is 0.743. The van der Waals surface area contributed by atoms with E-state index in [1.54, 1.807) is 0 Å². The first kappa shape index (κ1) is 18.6. The summed E-state index contributed by atoms with van der Waals surface area (Å²) in [5.41, 5.74) is 0.823. The summed E-state index contributed by atoms with van der Waals surface area (Å²) in [6, 6.07) is 4.29. The lowest BCUT2D eigenvalue weighted by Gasteiger charge is -2.57. The van der Waals surface area contributed by atoms with Crippen molar-refractivity contribution in [2.24, 2.45) is 0 Å². The number of benzene rings is 1. The Labute approximate surface area is 167 Å². The van der Waals surface area contributed by atoms with Crippen molar-refractivity contribution in [3.8, 4) is 11.5 Å². The van der Waals surface area contributed by atoms with Gasteiger partial charge >= 0.3 is 0 Å². The average molecular weight is 403 g/mol. The number of rotatable bonds is 2. The molecule has 0 aromatic heterocycles. The predicted octanol–water partition coefficient (Wildman–Crippen LogP) is 2.06. The van der Waals surface area contributed by atoms with Gasteiger partial charge in [-0.05, 0) is 36.2 Å². The fourth-order valence-electron chi connectivity index (χ4n) is 5.88. The molecule has 1 spiro atoms. The Hall–Kier alpha value is -1.37. The van der Waals surface area contributed by atoms with Gasteiger partial charge < -0.3 is 19.6 Å². The predicted molar refractivity (Wildman–Crippen MR) is 108 cm³/mol. The molecule has 2 aliphatic heterocycles. The maximum absolute atomic E-state index is 12.9. The van der Waals surface area contributed by atoms with Crippen LogP contribution in [0.4, 0.5) is 0 Å². The summed E-state index contributed by atoms with van der Waals surface area (Å²) < 4.78 is 13.1. The third-order valence-electron chi connectivity index (χ3n) is 8.37. The molecule has 152 valence electrons. The van der Waals surface area contributed by atoms with E-state index in [1.165, 1.54) is 5.56 Å². The van der Waals surface area contributed by atoms with Crippen molar-refractivity contribution in [3.63, 3.8) is 0 Å². The summed E-state index contributed by atoms with van der Waals surface area (Å²) in [6.07, 6.45) is 1.97. The number of hydrogen-bond acceptors (Lipinski definition) is 4. The van der Waals surface area contributed by atoms with E-state index in [4.69, 9.17) is 9.16 Å². The fraction of sp³-hybridized carbons (Fsp3) is 0.682. The second-order valence-electron chi connectivity index (χ2n) is 10.7. The monoisotopic (exact) mass is 402 g/mol. The molecule has 3 N–H and O–H groups in total. The van der Waals surface area contributed by atoms with Crippen LogP contribution in [0.25, 0.3) is 0 Å². The summed E-state index contributed by atoms with van der Waals surface area (Å²) >= 11 is 0. The van der Waals surface area contributed by atoms with Crippen LogP contribution < -0.4 is 14.5 Å². The lowest BCUT2D eigenvalue weighted by Crippen LogP contribution is -3.01. The molecule has 2 bridgehead atoms.